The van der Waals surface area contributed by atoms with Crippen LogP contribution in [0.25, 0.3) is 11.0 Å². The lowest BCUT2D eigenvalue weighted by atomic mass is 9.92. The van der Waals surface area contributed by atoms with E-state index in [-0.39, 0.29) is 23.8 Å². The number of amides is 1. The first kappa shape index (κ1) is 19.0. The molecular weight excluding hydrogens is 375 g/mol. The second kappa shape index (κ2) is 8.37. The molecule has 1 heterocycles. The highest BCUT2D eigenvalue weighted by Crippen LogP contribution is 2.33. The van der Waals surface area contributed by atoms with Crippen LogP contribution in [0.15, 0.2) is 57.8 Å². The third-order valence-electron chi connectivity index (χ3n) is 5.22. The predicted octanol–water partition coefficient (Wildman–Crippen LogP) is 4.86. The first-order chi connectivity index (χ1) is 13.6. The number of nitrogens with one attached hydrogen (secondary N) is 1. The summed E-state index contributed by atoms with van der Waals surface area (Å²) in [6.07, 6.45) is 3.60. The van der Waals surface area contributed by atoms with Gasteiger partial charge in [0.25, 0.3) is 5.91 Å². The average molecular weight is 399 g/mol. The number of rotatable bonds is 5. The Hall–Kier alpha value is -2.31. The van der Waals surface area contributed by atoms with Gasteiger partial charge in [0.2, 0.25) is 0 Å². The van der Waals surface area contributed by atoms with Crippen LogP contribution in [0.3, 0.4) is 0 Å². The van der Waals surface area contributed by atoms with Gasteiger partial charge >= 0.3 is 0 Å². The van der Waals surface area contributed by atoms with Crippen LogP contribution in [0, 0.1) is 5.82 Å². The quantitative estimate of drug-likeness (QED) is 0.602. The zero-order valence-electron chi connectivity index (χ0n) is 15.5. The summed E-state index contributed by atoms with van der Waals surface area (Å²) in [4.78, 5) is 13.5. The SMILES string of the molecule is NC1CCC(NC(=O)c2oc3ccccc3c2CSc2ccccc2F)CC1. The smallest absolute Gasteiger partial charge is 0.287 e. The molecular formula is C22H23FN2O2S. The van der Waals surface area contributed by atoms with Gasteiger partial charge < -0.3 is 15.5 Å². The molecule has 0 bridgehead atoms. The van der Waals surface area contributed by atoms with Crippen molar-refractivity contribution < 1.29 is 13.6 Å². The normalized spacial score (nSPS) is 19.6. The van der Waals surface area contributed by atoms with Gasteiger partial charge in [-0.05, 0) is 43.9 Å². The van der Waals surface area contributed by atoms with E-state index in [1.165, 1.54) is 17.8 Å². The van der Waals surface area contributed by atoms with Gasteiger partial charge in [-0.1, -0.05) is 30.3 Å². The predicted molar refractivity (Wildman–Crippen MR) is 110 cm³/mol. The van der Waals surface area contributed by atoms with E-state index in [4.69, 9.17) is 10.2 Å². The summed E-state index contributed by atoms with van der Waals surface area (Å²) >= 11 is 1.37. The largest absolute Gasteiger partial charge is 0.451 e. The summed E-state index contributed by atoms with van der Waals surface area (Å²) in [5.41, 5.74) is 7.43. The number of carbonyl (C=O) groups excluding carboxylic acids is 1. The first-order valence-corrected chi connectivity index (χ1v) is 10.5. The summed E-state index contributed by atoms with van der Waals surface area (Å²) in [7, 11) is 0. The summed E-state index contributed by atoms with van der Waals surface area (Å²) < 4.78 is 19.9. The van der Waals surface area contributed by atoms with Crippen LogP contribution >= 0.6 is 11.8 Å². The van der Waals surface area contributed by atoms with E-state index in [2.05, 4.69) is 5.32 Å². The second-order valence-electron chi connectivity index (χ2n) is 7.21. The van der Waals surface area contributed by atoms with Crippen molar-refractivity contribution in [2.24, 2.45) is 5.73 Å². The van der Waals surface area contributed by atoms with Gasteiger partial charge in [0.05, 0.1) is 0 Å². The highest BCUT2D eigenvalue weighted by Gasteiger charge is 2.25. The molecule has 4 nitrogen and oxygen atoms in total. The van der Waals surface area contributed by atoms with E-state index in [0.717, 1.165) is 36.6 Å². The molecule has 1 amide bonds. The van der Waals surface area contributed by atoms with Crippen molar-refractivity contribution in [2.75, 3.05) is 0 Å². The van der Waals surface area contributed by atoms with Crippen molar-refractivity contribution in [3.8, 4) is 0 Å². The molecule has 2 aromatic carbocycles. The number of thioether (sulfide) groups is 1. The monoisotopic (exact) mass is 398 g/mol. The molecule has 0 saturated heterocycles. The molecule has 3 N–H and O–H groups in total. The highest BCUT2D eigenvalue weighted by atomic mass is 32.2. The summed E-state index contributed by atoms with van der Waals surface area (Å²) in [6, 6.07) is 14.6. The Morgan fingerprint density at radius 3 is 2.61 bits per heavy atom. The Morgan fingerprint density at radius 1 is 1.11 bits per heavy atom. The molecule has 0 aliphatic heterocycles. The third kappa shape index (κ3) is 4.08. The molecule has 4 rings (SSSR count). The van der Waals surface area contributed by atoms with Gasteiger partial charge in [-0.25, -0.2) is 4.39 Å². The van der Waals surface area contributed by atoms with E-state index < -0.39 is 0 Å². The lowest BCUT2D eigenvalue weighted by Crippen LogP contribution is -2.40. The second-order valence-corrected chi connectivity index (χ2v) is 8.23. The van der Waals surface area contributed by atoms with Crippen molar-refractivity contribution in [1.82, 2.24) is 5.32 Å². The van der Waals surface area contributed by atoms with Crippen LogP contribution in [-0.4, -0.2) is 18.0 Å². The molecule has 6 heteroatoms. The molecule has 1 aliphatic rings. The zero-order valence-corrected chi connectivity index (χ0v) is 16.3. The van der Waals surface area contributed by atoms with E-state index in [1.807, 2.05) is 24.3 Å². The molecule has 0 radical (unpaired) electrons. The molecule has 146 valence electrons. The van der Waals surface area contributed by atoms with Gasteiger partial charge in [0.1, 0.15) is 11.4 Å². The van der Waals surface area contributed by atoms with Crippen LogP contribution in [0.2, 0.25) is 0 Å². The maximum atomic E-state index is 14.0. The van der Waals surface area contributed by atoms with Crippen molar-refractivity contribution in [2.45, 2.75) is 48.4 Å². The topological polar surface area (TPSA) is 68.3 Å². The van der Waals surface area contributed by atoms with Crippen molar-refractivity contribution in [1.29, 1.82) is 0 Å². The molecule has 0 spiro atoms. The van der Waals surface area contributed by atoms with Gasteiger partial charge in [0, 0.05) is 33.7 Å². The van der Waals surface area contributed by atoms with E-state index >= 15 is 0 Å². The Morgan fingerprint density at radius 2 is 1.82 bits per heavy atom. The van der Waals surface area contributed by atoms with E-state index in [1.54, 1.807) is 18.2 Å². The van der Waals surface area contributed by atoms with Crippen LogP contribution in [0.5, 0.6) is 0 Å². The van der Waals surface area contributed by atoms with Crippen LogP contribution < -0.4 is 11.1 Å². The van der Waals surface area contributed by atoms with Gasteiger partial charge in [-0.15, -0.1) is 11.8 Å². The number of carbonyl (C=O) groups is 1. The van der Waals surface area contributed by atoms with Gasteiger partial charge in [0.15, 0.2) is 5.76 Å². The lowest BCUT2D eigenvalue weighted by Gasteiger charge is -2.26. The first-order valence-electron chi connectivity index (χ1n) is 9.56. The number of furan rings is 1. The number of benzene rings is 2. The van der Waals surface area contributed by atoms with Gasteiger partial charge in [-0.2, -0.15) is 0 Å². The van der Waals surface area contributed by atoms with Crippen LogP contribution in [-0.2, 0) is 5.75 Å². The Balaban J connectivity index is 1.58. The number of nitrogens with two attached hydrogens (primary N) is 1. The molecule has 1 aromatic heterocycles. The number of halogens is 1. The van der Waals surface area contributed by atoms with Crippen LogP contribution in [0.1, 0.15) is 41.8 Å². The molecule has 3 aromatic rings. The van der Waals surface area contributed by atoms with Crippen molar-refractivity contribution in [3.63, 3.8) is 0 Å². The van der Waals surface area contributed by atoms with Crippen molar-refractivity contribution >= 4 is 28.6 Å². The molecule has 1 saturated carbocycles. The minimum atomic E-state index is -0.259. The van der Waals surface area contributed by atoms with Crippen LogP contribution in [0.4, 0.5) is 4.39 Å². The fourth-order valence-corrected chi connectivity index (χ4v) is 4.62. The zero-order chi connectivity index (χ0) is 19.5. The Bertz CT molecular complexity index is 980. The molecule has 1 fully saturated rings. The average Bonchev–Trinajstić information content (AvgIpc) is 3.08. The molecule has 0 atom stereocenters. The molecule has 28 heavy (non-hydrogen) atoms. The lowest BCUT2D eigenvalue weighted by molar-refractivity contribution is 0.0899. The minimum Gasteiger partial charge on any atom is -0.451 e. The molecule has 0 unspecified atom stereocenters. The Kier molecular flexibility index (Phi) is 5.69. The summed E-state index contributed by atoms with van der Waals surface area (Å²) in [5, 5.41) is 3.99. The summed E-state index contributed by atoms with van der Waals surface area (Å²) in [5.74, 6) is 0.307. The standard InChI is InChI=1S/C22H23FN2O2S/c23-18-6-2-4-8-20(18)28-13-17-16-5-1-3-7-19(16)27-21(17)22(26)25-15-11-9-14(24)10-12-15/h1-8,14-15H,9-13,24H2,(H,25,26). The highest BCUT2D eigenvalue weighted by molar-refractivity contribution is 7.98. The maximum absolute atomic E-state index is 14.0. The number of fused-ring (bicyclic) bond motifs is 1. The van der Waals surface area contributed by atoms with E-state index in [0.29, 0.717) is 22.0 Å². The summed E-state index contributed by atoms with van der Waals surface area (Å²) in [6.45, 7) is 0. The van der Waals surface area contributed by atoms with E-state index in [9.17, 15) is 9.18 Å². The number of hydrogen-bond acceptors (Lipinski definition) is 4. The Labute approximate surface area is 167 Å². The fraction of sp³-hybridized carbons (Fsp3) is 0.318. The number of para-hydroxylation sites is 1. The third-order valence-corrected chi connectivity index (χ3v) is 6.30. The minimum absolute atomic E-state index is 0.118. The van der Waals surface area contributed by atoms with Gasteiger partial charge in [-0.3, -0.25) is 4.79 Å². The fourth-order valence-electron chi connectivity index (χ4n) is 3.65. The maximum Gasteiger partial charge on any atom is 0.287 e. The van der Waals surface area contributed by atoms with Crippen molar-refractivity contribution in [3.05, 3.63) is 65.7 Å². The number of hydrogen-bond donors (Lipinski definition) is 2. The molecule has 1 aliphatic carbocycles.